The number of morpholine rings is 1. The number of benzene rings is 2. The molecule has 2 aromatic carbocycles. The SMILES string of the molecule is CN=C(NCC(CO)c1ccccc1)NCC(c1ccc(OC)cc1)N1CCOCC1. The average Bonchev–Trinajstić information content (AvgIpc) is 2.85. The summed E-state index contributed by atoms with van der Waals surface area (Å²) in [5, 5.41) is 16.6. The fourth-order valence-corrected chi connectivity index (χ4v) is 3.82. The average molecular weight is 427 g/mol. The van der Waals surface area contributed by atoms with Crippen LogP contribution >= 0.6 is 0 Å². The van der Waals surface area contributed by atoms with E-state index in [4.69, 9.17) is 9.47 Å². The number of hydrogen-bond donors (Lipinski definition) is 3. The van der Waals surface area contributed by atoms with Gasteiger partial charge in [0, 0.05) is 39.1 Å². The van der Waals surface area contributed by atoms with Gasteiger partial charge in [0.15, 0.2) is 5.96 Å². The third-order valence-corrected chi connectivity index (χ3v) is 5.68. The first-order valence-corrected chi connectivity index (χ1v) is 10.8. The quantitative estimate of drug-likeness (QED) is 0.421. The van der Waals surface area contributed by atoms with Crippen LogP contribution in [-0.4, -0.2) is 76.1 Å². The number of aliphatic imine (C=N–C) groups is 1. The predicted octanol–water partition coefficient (Wildman–Crippen LogP) is 2.01. The minimum absolute atomic E-state index is 0.0105. The van der Waals surface area contributed by atoms with Gasteiger partial charge in [-0.05, 0) is 23.3 Å². The molecule has 1 aliphatic heterocycles. The first-order chi connectivity index (χ1) is 15.2. The summed E-state index contributed by atoms with van der Waals surface area (Å²) in [6.45, 7) is 4.67. The summed E-state index contributed by atoms with van der Waals surface area (Å²) in [6.07, 6.45) is 0. The molecule has 0 aliphatic carbocycles. The van der Waals surface area contributed by atoms with Gasteiger partial charge < -0.3 is 25.2 Å². The maximum absolute atomic E-state index is 9.82. The van der Waals surface area contributed by atoms with Crippen molar-refractivity contribution in [1.29, 1.82) is 0 Å². The van der Waals surface area contributed by atoms with Crippen molar-refractivity contribution in [2.75, 3.05) is 60.2 Å². The molecular formula is C24H34N4O3. The second-order valence-corrected chi connectivity index (χ2v) is 7.56. The van der Waals surface area contributed by atoms with Crippen LogP contribution < -0.4 is 15.4 Å². The Hall–Kier alpha value is -2.61. The van der Waals surface area contributed by atoms with E-state index in [1.807, 2.05) is 42.5 Å². The third-order valence-electron chi connectivity index (χ3n) is 5.68. The number of nitrogens with one attached hydrogen (secondary N) is 2. The van der Waals surface area contributed by atoms with E-state index >= 15 is 0 Å². The lowest BCUT2D eigenvalue weighted by Gasteiger charge is -2.35. The highest BCUT2D eigenvalue weighted by atomic mass is 16.5. The Balaban J connectivity index is 1.62. The minimum Gasteiger partial charge on any atom is -0.497 e. The molecule has 0 saturated carbocycles. The summed E-state index contributed by atoms with van der Waals surface area (Å²) in [5.74, 6) is 1.59. The fourth-order valence-electron chi connectivity index (χ4n) is 3.82. The molecule has 0 bridgehead atoms. The number of ether oxygens (including phenoxy) is 2. The number of aliphatic hydroxyl groups excluding tert-OH is 1. The van der Waals surface area contributed by atoms with Crippen molar-refractivity contribution in [3.05, 3.63) is 65.7 Å². The summed E-state index contributed by atoms with van der Waals surface area (Å²) in [6, 6.07) is 18.5. The third kappa shape index (κ3) is 6.69. The van der Waals surface area contributed by atoms with E-state index in [0.717, 1.165) is 43.6 Å². The molecule has 7 heteroatoms. The van der Waals surface area contributed by atoms with Gasteiger partial charge in [0.1, 0.15) is 5.75 Å². The molecule has 0 aromatic heterocycles. The highest BCUT2D eigenvalue weighted by Gasteiger charge is 2.23. The number of guanidine groups is 1. The predicted molar refractivity (Wildman–Crippen MR) is 124 cm³/mol. The van der Waals surface area contributed by atoms with Crippen LogP contribution in [0.15, 0.2) is 59.6 Å². The van der Waals surface area contributed by atoms with Crippen molar-refractivity contribution in [1.82, 2.24) is 15.5 Å². The highest BCUT2D eigenvalue weighted by molar-refractivity contribution is 5.79. The summed E-state index contributed by atoms with van der Waals surface area (Å²) in [4.78, 5) is 6.81. The monoisotopic (exact) mass is 426 g/mol. The maximum Gasteiger partial charge on any atom is 0.191 e. The number of nitrogens with zero attached hydrogens (tertiary/aromatic N) is 2. The summed E-state index contributed by atoms with van der Waals surface area (Å²) in [5.41, 5.74) is 2.33. The van der Waals surface area contributed by atoms with Gasteiger partial charge in [-0.15, -0.1) is 0 Å². The number of aliphatic hydroxyl groups is 1. The maximum atomic E-state index is 9.82. The molecule has 2 unspecified atom stereocenters. The van der Waals surface area contributed by atoms with Crippen LogP contribution in [0, 0.1) is 0 Å². The molecule has 2 atom stereocenters. The summed E-state index contributed by atoms with van der Waals surface area (Å²) >= 11 is 0. The summed E-state index contributed by atoms with van der Waals surface area (Å²) < 4.78 is 10.9. The van der Waals surface area contributed by atoms with E-state index in [1.165, 1.54) is 5.56 Å². The molecule has 1 heterocycles. The van der Waals surface area contributed by atoms with Crippen LogP contribution in [0.2, 0.25) is 0 Å². The van der Waals surface area contributed by atoms with E-state index in [0.29, 0.717) is 13.1 Å². The Morgan fingerprint density at radius 3 is 2.32 bits per heavy atom. The molecule has 3 rings (SSSR count). The Kier molecular flexibility index (Phi) is 9.15. The summed E-state index contributed by atoms with van der Waals surface area (Å²) in [7, 11) is 3.45. The molecule has 0 amide bonds. The van der Waals surface area contributed by atoms with E-state index in [1.54, 1.807) is 14.2 Å². The van der Waals surface area contributed by atoms with Gasteiger partial charge in [-0.25, -0.2) is 0 Å². The van der Waals surface area contributed by atoms with Crippen LogP contribution in [0.1, 0.15) is 23.1 Å². The molecule has 31 heavy (non-hydrogen) atoms. The molecule has 1 aliphatic rings. The lowest BCUT2D eigenvalue weighted by Crippen LogP contribution is -2.47. The van der Waals surface area contributed by atoms with Gasteiger partial charge in [0.25, 0.3) is 0 Å². The molecule has 7 nitrogen and oxygen atoms in total. The van der Waals surface area contributed by atoms with Gasteiger partial charge in [0.2, 0.25) is 0 Å². The lowest BCUT2D eigenvalue weighted by molar-refractivity contribution is 0.0170. The number of rotatable bonds is 9. The van der Waals surface area contributed by atoms with Crippen molar-refractivity contribution >= 4 is 5.96 Å². The zero-order valence-electron chi connectivity index (χ0n) is 18.5. The molecule has 0 radical (unpaired) electrons. The molecule has 1 fully saturated rings. The minimum atomic E-state index is 0.0105. The second kappa shape index (κ2) is 12.3. The highest BCUT2D eigenvalue weighted by Crippen LogP contribution is 2.23. The number of hydrogen-bond acceptors (Lipinski definition) is 5. The van der Waals surface area contributed by atoms with Crippen LogP contribution in [0.4, 0.5) is 0 Å². The standard InChI is InChI=1S/C24H34N4O3/c1-25-24(26-16-21(18-29)19-6-4-3-5-7-19)27-17-23(28-12-14-31-15-13-28)20-8-10-22(30-2)11-9-20/h3-11,21,23,29H,12-18H2,1-2H3,(H2,25,26,27). The van der Waals surface area contributed by atoms with E-state index in [-0.39, 0.29) is 18.6 Å². The van der Waals surface area contributed by atoms with Crippen molar-refractivity contribution in [3.8, 4) is 5.75 Å². The lowest BCUT2D eigenvalue weighted by atomic mass is 10.0. The molecule has 1 saturated heterocycles. The zero-order chi connectivity index (χ0) is 21.9. The van der Waals surface area contributed by atoms with Gasteiger partial charge in [-0.3, -0.25) is 9.89 Å². The van der Waals surface area contributed by atoms with Gasteiger partial charge in [-0.1, -0.05) is 42.5 Å². The molecular weight excluding hydrogens is 392 g/mol. The smallest absolute Gasteiger partial charge is 0.191 e. The molecule has 3 N–H and O–H groups in total. The molecule has 0 spiro atoms. The Bertz CT molecular complexity index is 792. The van der Waals surface area contributed by atoms with Crippen LogP contribution in [0.25, 0.3) is 0 Å². The van der Waals surface area contributed by atoms with Gasteiger partial charge >= 0.3 is 0 Å². The van der Waals surface area contributed by atoms with E-state index in [9.17, 15) is 5.11 Å². The van der Waals surface area contributed by atoms with E-state index in [2.05, 4.69) is 32.7 Å². The van der Waals surface area contributed by atoms with Crippen molar-refractivity contribution in [2.24, 2.45) is 4.99 Å². The Morgan fingerprint density at radius 1 is 1.03 bits per heavy atom. The number of methoxy groups -OCH3 is 1. The van der Waals surface area contributed by atoms with Crippen molar-refractivity contribution in [3.63, 3.8) is 0 Å². The van der Waals surface area contributed by atoms with Crippen molar-refractivity contribution in [2.45, 2.75) is 12.0 Å². The first-order valence-electron chi connectivity index (χ1n) is 10.8. The normalized spacial score (nSPS) is 17.1. The van der Waals surface area contributed by atoms with Crippen LogP contribution in [0.5, 0.6) is 5.75 Å². The van der Waals surface area contributed by atoms with Crippen LogP contribution in [0.3, 0.4) is 0 Å². The van der Waals surface area contributed by atoms with Gasteiger partial charge in [-0.2, -0.15) is 0 Å². The van der Waals surface area contributed by atoms with Crippen molar-refractivity contribution < 1.29 is 14.6 Å². The Morgan fingerprint density at radius 2 is 1.71 bits per heavy atom. The zero-order valence-corrected chi connectivity index (χ0v) is 18.5. The van der Waals surface area contributed by atoms with Gasteiger partial charge in [0.05, 0.1) is 33.0 Å². The topological polar surface area (TPSA) is 78.4 Å². The second-order valence-electron chi connectivity index (χ2n) is 7.56. The molecule has 168 valence electrons. The first kappa shape index (κ1) is 23.1. The van der Waals surface area contributed by atoms with Crippen LogP contribution in [-0.2, 0) is 4.74 Å². The van der Waals surface area contributed by atoms with E-state index < -0.39 is 0 Å². The fraction of sp³-hybridized carbons (Fsp3) is 0.458. The largest absolute Gasteiger partial charge is 0.497 e. The molecule has 2 aromatic rings. The Labute approximate surface area is 185 Å².